The van der Waals surface area contributed by atoms with E-state index < -0.39 is 18.0 Å². The predicted molar refractivity (Wildman–Crippen MR) is 97.3 cm³/mol. The van der Waals surface area contributed by atoms with E-state index in [0.717, 1.165) is 12.3 Å². The first-order valence-electron chi connectivity index (χ1n) is 8.96. The molecule has 0 spiro atoms. The van der Waals surface area contributed by atoms with Gasteiger partial charge in [-0.2, -0.15) is 18.2 Å². The maximum Gasteiger partial charge on any atom is 0.433 e. The lowest BCUT2D eigenvalue weighted by atomic mass is 10.1. The van der Waals surface area contributed by atoms with Gasteiger partial charge in [0.15, 0.2) is 5.69 Å². The molecule has 0 saturated carbocycles. The molecule has 10 heteroatoms. The van der Waals surface area contributed by atoms with Crippen molar-refractivity contribution < 1.29 is 27.5 Å². The molecule has 29 heavy (non-hydrogen) atoms. The molecule has 0 aliphatic carbocycles. The van der Waals surface area contributed by atoms with Crippen LogP contribution in [0.15, 0.2) is 36.5 Å². The van der Waals surface area contributed by atoms with E-state index in [4.69, 9.17) is 4.74 Å². The number of likely N-dealkylation sites (tertiary alicyclic amines) is 1. The summed E-state index contributed by atoms with van der Waals surface area (Å²) in [6.07, 6.45) is -2.88. The zero-order valence-corrected chi connectivity index (χ0v) is 15.6. The summed E-state index contributed by atoms with van der Waals surface area (Å²) < 4.78 is 43.8. The van der Waals surface area contributed by atoms with E-state index >= 15 is 0 Å². The lowest BCUT2D eigenvalue weighted by Crippen LogP contribution is -2.44. The van der Waals surface area contributed by atoms with Gasteiger partial charge in [-0.15, -0.1) is 0 Å². The second-order valence-corrected chi connectivity index (χ2v) is 6.61. The number of piperidine rings is 1. The van der Waals surface area contributed by atoms with Crippen molar-refractivity contribution in [2.24, 2.45) is 0 Å². The lowest BCUT2D eigenvalue weighted by molar-refractivity contribution is -0.141. The number of anilines is 1. The monoisotopic (exact) mass is 408 g/mol. The molecule has 2 amide bonds. The van der Waals surface area contributed by atoms with Crippen LogP contribution in [0, 0.1) is 0 Å². The van der Waals surface area contributed by atoms with Gasteiger partial charge in [0.25, 0.3) is 5.91 Å². The zero-order valence-electron chi connectivity index (χ0n) is 15.6. The van der Waals surface area contributed by atoms with Crippen LogP contribution in [0.2, 0.25) is 0 Å². The maximum atomic E-state index is 12.8. The normalized spacial score (nSPS) is 17.0. The molecule has 1 aromatic carbocycles. The van der Waals surface area contributed by atoms with E-state index in [-0.39, 0.29) is 24.4 Å². The van der Waals surface area contributed by atoms with Crippen LogP contribution in [0.25, 0.3) is 0 Å². The summed E-state index contributed by atoms with van der Waals surface area (Å²) in [5, 5.41) is 2.62. The summed E-state index contributed by atoms with van der Waals surface area (Å²) in [5.74, 6) is -0.436. The van der Waals surface area contributed by atoms with Crippen LogP contribution in [0.5, 0.6) is 6.01 Å². The highest BCUT2D eigenvalue weighted by atomic mass is 19.4. The van der Waals surface area contributed by atoms with Crippen molar-refractivity contribution in [3.05, 3.63) is 47.8 Å². The number of nitrogens with one attached hydrogen (secondary N) is 1. The molecule has 1 saturated heterocycles. The molecule has 1 aliphatic rings. The summed E-state index contributed by atoms with van der Waals surface area (Å²) in [7, 11) is 0. The van der Waals surface area contributed by atoms with Gasteiger partial charge in [-0.05, 0) is 43.2 Å². The Morgan fingerprint density at radius 3 is 2.59 bits per heavy atom. The molecule has 0 radical (unpaired) electrons. The van der Waals surface area contributed by atoms with Crippen molar-refractivity contribution >= 4 is 17.5 Å². The second kappa shape index (κ2) is 8.46. The molecule has 0 bridgehead atoms. The van der Waals surface area contributed by atoms with Crippen molar-refractivity contribution in [3.8, 4) is 6.01 Å². The van der Waals surface area contributed by atoms with Gasteiger partial charge < -0.3 is 15.0 Å². The molecule has 2 heterocycles. The first-order chi connectivity index (χ1) is 13.7. The van der Waals surface area contributed by atoms with Crippen molar-refractivity contribution in [1.29, 1.82) is 0 Å². The third-order valence-electron chi connectivity index (χ3n) is 4.31. The molecular formula is C19H19F3N4O3. The Kier molecular flexibility index (Phi) is 6.00. The fourth-order valence-electron chi connectivity index (χ4n) is 3.01. The third kappa shape index (κ3) is 5.43. The van der Waals surface area contributed by atoms with Crippen LogP contribution in [0.4, 0.5) is 18.9 Å². The molecule has 1 atom stereocenters. The van der Waals surface area contributed by atoms with Gasteiger partial charge in [0.05, 0.1) is 6.54 Å². The summed E-state index contributed by atoms with van der Waals surface area (Å²) in [5.41, 5.74) is -0.0591. The maximum absolute atomic E-state index is 12.8. The van der Waals surface area contributed by atoms with Gasteiger partial charge >= 0.3 is 12.2 Å². The van der Waals surface area contributed by atoms with Crippen LogP contribution in [-0.2, 0) is 11.0 Å². The van der Waals surface area contributed by atoms with Crippen molar-refractivity contribution in [1.82, 2.24) is 14.9 Å². The average molecular weight is 408 g/mol. The molecule has 1 aromatic heterocycles. The molecule has 154 valence electrons. The number of carbonyl (C=O) groups excluding carboxylic acids is 2. The predicted octanol–water partition coefficient (Wildman–Crippen LogP) is 3.14. The molecular weight excluding hydrogens is 389 g/mol. The van der Waals surface area contributed by atoms with Gasteiger partial charge in [-0.1, -0.05) is 0 Å². The van der Waals surface area contributed by atoms with E-state index in [2.05, 4.69) is 15.3 Å². The Morgan fingerprint density at radius 2 is 1.93 bits per heavy atom. The first kappa shape index (κ1) is 20.6. The molecule has 3 rings (SSSR count). The Hall–Kier alpha value is -3.17. The highest BCUT2D eigenvalue weighted by Gasteiger charge is 2.33. The van der Waals surface area contributed by atoms with E-state index in [1.807, 2.05) is 0 Å². The van der Waals surface area contributed by atoms with Gasteiger partial charge in [0.1, 0.15) is 6.10 Å². The average Bonchev–Trinajstić information content (AvgIpc) is 2.67. The smallest absolute Gasteiger partial charge is 0.433 e. The number of nitrogens with zero attached hydrogens (tertiary/aromatic N) is 3. The quantitative estimate of drug-likeness (QED) is 0.840. The topological polar surface area (TPSA) is 84.4 Å². The number of hydrogen-bond acceptors (Lipinski definition) is 5. The summed E-state index contributed by atoms with van der Waals surface area (Å²) in [6.45, 7) is 2.11. The van der Waals surface area contributed by atoms with Gasteiger partial charge in [-0.3, -0.25) is 9.59 Å². The minimum atomic E-state index is -4.58. The molecule has 2 aromatic rings. The van der Waals surface area contributed by atoms with Crippen LogP contribution < -0.4 is 10.1 Å². The number of rotatable bonds is 4. The highest BCUT2D eigenvalue weighted by Crippen LogP contribution is 2.28. The zero-order chi connectivity index (χ0) is 21.0. The van der Waals surface area contributed by atoms with Crippen molar-refractivity contribution in [2.75, 3.05) is 18.4 Å². The van der Waals surface area contributed by atoms with Crippen LogP contribution in [-0.4, -0.2) is 45.9 Å². The molecule has 7 nitrogen and oxygen atoms in total. The Labute approximate surface area is 164 Å². The number of halogens is 3. The van der Waals surface area contributed by atoms with E-state index in [1.165, 1.54) is 6.92 Å². The minimum Gasteiger partial charge on any atom is -0.458 e. The molecule has 1 unspecified atom stereocenters. The van der Waals surface area contributed by atoms with Crippen molar-refractivity contribution in [2.45, 2.75) is 32.0 Å². The number of carbonyl (C=O) groups is 2. The fraction of sp³-hybridized carbons (Fsp3) is 0.368. The number of amides is 2. The Balaban J connectivity index is 1.64. The summed E-state index contributed by atoms with van der Waals surface area (Å²) >= 11 is 0. The SMILES string of the molecule is CC(=O)Nc1ccc(C(=O)N2CCCC(Oc3nccc(C(F)(F)F)n3)C2)cc1. The van der Waals surface area contributed by atoms with E-state index in [1.54, 1.807) is 29.2 Å². The fourth-order valence-corrected chi connectivity index (χ4v) is 3.01. The first-order valence-corrected chi connectivity index (χ1v) is 8.96. The van der Waals surface area contributed by atoms with Crippen LogP contribution in [0.3, 0.4) is 0 Å². The Bertz CT molecular complexity index is 887. The standard InChI is InChI=1S/C19H19F3N4O3/c1-12(27)24-14-6-4-13(5-7-14)17(28)26-10-2-3-15(11-26)29-18-23-9-8-16(25-18)19(20,21)22/h4-9,15H,2-3,10-11H2,1H3,(H,24,27). The minimum absolute atomic E-state index is 0.211. The number of hydrogen-bond donors (Lipinski definition) is 1. The highest BCUT2D eigenvalue weighted by molar-refractivity contribution is 5.95. The van der Waals surface area contributed by atoms with Gasteiger partial charge in [0.2, 0.25) is 5.91 Å². The van der Waals surface area contributed by atoms with Gasteiger partial charge in [-0.25, -0.2) is 4.98 Å². The molecule has 1 N–H and O–H groups in total. The summed E-state index contributed by atoms with van der Waals surface area (Å²) in [6, 6.07) is 6.88. The van der Waals surface area contributed by atoms with Crippen LogP contribution >= 0.6 is 0 Å². The lowest BCUT2D eigenvalue weighted by Gasteiger charge is -2.32. The summed E-state index contributed by atoms with van der Waals surface area (Å²) in [4.78, 5) is 32.5. The van der Waals surface area contributed by atoms with E-state index in [0.29, 0.717) is 30.6 Å². The molecule has 1 aliphatic heterocycles. The second-order valence-electron chi connectivity index (χ2n) is 6.61. The van der Waals surface area contributed by atoms with Gasteiger partial charge in [0, 0.05) is 30.9 Å². The number of benzene rings is 1. The Morgan fingerprint density at radius 1 is 1.21 bits per heavy atom. The van der Waals surface area contributed by atoms with E-state index in [9.17, 15) is 22.8 Å². The van der Waals surface area contributed by atoms with Crippen LogP contribution in [0.1, 0.15) is 35.8 Å². The largest absolute Gasteiger partial charge is 0.458 e. The third-order valence-corrected chi connectivity index (χ3v) is 4.31. The van der Waals surface area contributed by atoms with Crippen molar-refractivity contribution in [3.63, 3.8) is 0 Å². The number of ether oxygens (including phenoxy) is 1. The number of alkyl halides is 3. The molecule has 1 fully saturated rings. The number of aromatic nitrogens is 2.